The van der Waals surface area contributed by atoms with Gasteiger partial charge in [0.1, 0.15) is 0 Å². The number of carbonyl (C=O) groups excluding carboxylic acids is 1. The minimum atomic E-state index is 0.0297. The molecule has 0 saturated carbocycles. The maximum Gasteiger partial charge on any atom is 0.195 e. The number of allylic oxidation sites excluding steroid dienone is 4. The van der Waals surface area contributed by atoms with Crippen molar-refractivity contribution >= 4 is 59.9 Å². The molecule has 1 aliphatic rings. The lowest BCUT2D eigenvalue weighted by atomic mass is 9.85. The Kier molecular flexibility index (Phi) is 7.67. The first kappa shape index (κ1) is 28.5. The van der Waals surface area contributed by atoms with Gasteiger partial charge in [-0.25, -0.2) is 0 Å². The highest BCUT2D eigenvalue weighted by Gasteiger charge is 2.35. The first-order chi connectivity index (χ1) is 18.8. The van der Waals surface area contributed by atoms with Crippen molar-refractivity contribution in [2.45, 2.75) is 52.4 Å². The Balaban J connectivity index is 1.80. The number of carbonyl (C=O) groups is 1. The zero-order chi connectivity index (χ0) is 28.8. The summed E-state index contributed by atoms with van der Waals surface area (Å²) in [5.74, 6) is 0.0582. The van der Waals surface area contributed by atoms with Crippen molar-refractivity contribution in [3.63, 3.8) is 0 Å². The van der Waals surface area contributed by atoms with Gasteiger partial charge in [-0.15, -0.1) is 0 Å². The Morgan fingerprint density at radius 3 is 0.925 bits per heavy atom. The van der Waals surface area contributed by atoms with Crippen LogP contribution in [0.4, 0.5) is 0 Å². The van der Waals surface area contributed by atoms with Gasteiger partial charge in [-0.05, 0) is 68.5 Å². The largest absolute Gasteiger partial charge is 0.289 e. The van der Waals surface area contributed by atoms with Crippen LogP contribution < -0.4 is 0 Å². The summed E-state index contributed by atoms with van der Waals surface area (Å²) in [6.45, 7) is 13.3. The zero-order valence-corrected chi connectivity index (χ0v) is 27.1. The normalized spacial score (nSPS) is 14.3. The molecular weight excluding hydrogens is 620 g/mol. The highest BCUT2D eigenvalue weighted by Crippen LogP contribution is 2.50. The third-order valence-corrected chi connectivity index (χ3v) is 8.61. The van der Waals surface area contributed by atoms with Crippen molar-refractivity contribution < 1.29 is 4.79 Å². The van der Waals surface area contributed by atoms with Crippen molar-refractivity contribution in [1.29, 1.82) is 0 Å². The topological polar surface area (TPSA) is 17.1 Å². The van der Waals surface area contributed by atoms with Crippen molar-refractivity contribution in [1.82, 2.24) is 0 Å². The van der Waals surface area contributed by atoms with Gasteiger partial charge >= 0.3 is 0 Å². The van der Waals surface area contributed by atoms with E-state index in [0.717, 1.165) is 53.5 Å². The van der Waals surface area contributed by atoms with Gasteiger partial charge in [0.2, 0.25) is 0 Å². The summed E-state index contributed by atoms with van der Waals surface area (Å²) >= 11 is 7.18. The summed E-state index contributed by atoms with van der Waals surface area (Å²) in [6, 6.07) is 33.6. The summed E-state index contributed by atoms with van der Waals surface area (Å²) in [7, 11) is 0. The lowest BCUT2D eigenvalue weighted by molar-refractivity contribution is -0.108. The third-order valence-electron chi connectivity index (χ3n) is 7.55. The van der Waals surface area contributed by atoms with Crippen molar-refractivity contribution in [3.05, 3.63) is 139 Å². The van der Waals surface area contributed by atoms with E-state index < -0.39 is 0 Å². The van der Waals surface area contributed by atoms with Crippen LogP contribution in [-0.2, 0) is 15.6 Å². The van der Waals surface area contributed by atoms with E-state index in [1.54, 1.807) is 0 Å². The molecule has 3 heteroatoms. The molecule has 1 aliphatic carbocycles. The molecule has 40 heavy (non-hydrogen) atoms. The molecule has 4 aromatic rings. The molecule has 0 atom stereocenters. The van der Waals surface area contributed by atoms with E-state index in [2.05, 4.69) is 146 Å². The average molecular weight is 654 g/mol. The number of benzene rings is 4. The van der Waals surface area contributed by atoms with Crippen molar-refractivity contribution in [2.75, 3.05) is 0 Å². The Bertz CT molecular complexity index is 1500. The molecule has 0 unspecified atom stereocenters. The van der Waals surface area contributed by atoms with Crippen LogP contribution in [0.3, 0.4) is 0 Å². The fraction of sp³-hybridized carbons (Fsp3) is 0.216. The number of halogens is 2. The van der Waals surface area contributed by atoms with E-state index in [9.17, 15) is 4.79 Å². The SMILES string of the molecule is CC(C)(C)c1ccc(C2=C(c3ccc(Br)cc3)C(c3ccc(Br)cc3)=C(c3ccc(C(C)(C)C)cc3)C2=O)cc1. The van der Waals surface area contributed by atoms with Crippen LogP contribution in [0.5, 0.6) is 0 Å². The summed E-state index contributed by atoms with van der Waals surface area (Å²) in [4.78, 5) is 14.6. The molecule has 0 aromatic heterocycles. The van der Waals surface area contributed by atoms with Crippen LogP contribution >= 0.6 is 31.9 Å². The molecule has 4 aromatic carbocycles. The zero-order valence-electron chi connectivity index (χ0n) is 23.9. The number of Topliss-reactive ketones (excluding diaryl/α,β-unsaturated/α-hetero) is 1. The quantitative estimate of drug-likeness (QED) is 0.214. The predicted octanol–water partition coefficient (Wildman–Crippen LogP) is 10.9. The highest BCUT2D eigenvalue weighted by atomic mass is 79.9. The second-order valence-electron chi connectivity index (χ2n) is 12.5. The van der Waals surface area contributed by atoms with Gasteiger partial charge in [0.25, 0.3) is 0 Å². The van der Waals surface area contributed by atoms with E-state index in [4.69, 9.17) is 0 Å². The molecule has 202 valence electrons. The van der Waals surface area contributed by atoms with E-state index in [1.807, 2.05) is 24.3 Å². The summed E-state index contributed by atoms with van der Waals surface area (Å²) in [5.41, 5.74) is 9.89. The van der Waals surface area contributed by atoms with Crippen LogP contribution in [0.2, 0.25) is 0 Å². The molecule has 0 fully saturated rings. The minimum Gasteiger partial charge on any atom is -0.289 e. The van der Waals surface area contributed by atoms with Gasteiger partial charge in [0.05, 0.1) is 0 Å². The second-order valence-corrected chi connectivity index (χ2v) is 14.3. The third kappa shape index (κ3) is 5.60. The Morgan fingerprint density at radius 1 is 0.400 bits per heavy atom. The molecule has 0 bridgehead atoms. The molecule has 0 N–H and O–H groups in total. The van der Waals surface area contributed by atoms with E-state index in [1.165, 1.54) is 11.1 Å². The number of ketones is 1. The standard InChI is InChI=1S/C37H34Br2O/c1-36(2,3)27-15-7-25(8-16-27)33-31(23-11-19-29(38)20-12-23)32(24-13-21-30(39)22-14-24)34(35(33)40)26-9-17-28(18-10-26)37(4,5)6/h7-22H,1-6H3. The number of hydrogen-bond donors (Lipinski definition) is 0. The maximum absolute atomic E-state index is 14.6. The molecule has 0 aliphatic heterocycles. The molecular formula is C37H34Br2O. The van der Waals surface area contributed by atoms with Gasteiger partial charge in [0, 0.05) is 31.2 Å². The number of hydrogen-bond acceptors (Lipinski definition) is 1. The smallest absolute Gasteiger partial charge is 0.195 e. The molecule has 0 heterocycles. The maximum atomic E-state index is 14.6. The van der Waals surface area contributed by atoms with Crippen molar-refractivity contribution in [3.8, 4) is 0 Å². The van der Waals surface area contributed by atoms with Gasteiger partial charge in [-0.1, -0.05) is 146 Å². The van der Waals surface area contributed by atoms with Crippen LogP contribution in [0.1, 0.15) is 74.9 Å². The van der Waals surface area contributed by atoms with Crippen LogP contribution in [0.25, 0.3) is 22.3 Å². The first-order valence-electron chi connectivity index (χ1n) is 13.6. The monoisotopic (exact) mass is 652 g/mol. The lowest BCUT2D eigenvalue weighted by Crippen LogP contribution is -2.11. The summed E-state index contributed by atoms with van der Waals surface area (Å²) < 4.78 is 2.01. The number of rotatable bonds is 4. The highest BCUT2D eigenvalue weighted by molar-refractivity contribution is 9.10. The fourth-order valence-electron chi connectivity index (χ4n) is 5.24. The van der Waals surface area contributed by atoms with E-state index in [-0.39, 0.29) is 16.6 Å². The lowest BCUT2D eigenvalue weighted by Gasteiger charge is -2.19. The molecule has 0 spiro atoms. The van der Waals surface area contributed by atoms with E-state index >= 15 is 0 Å². The van der Waals surface area contributed by atoms with Gasteiger partial charge < -0.3 is 0 Å². The second kappa shape index (κ2) is 10.8. The van der Waals surface area contributed by atoms with Crippen molar-refractivity contribution in [2.24, 2.45) is 0 Å². The Morgan fingerprint density at radius 2 is 0.650 bits per heavy atom. The molecule has 5 rings (SSSR count). The van der Waals surface area contributed by atoms with Crippen LogP contribution in [0, 0.1) is 0 Å². The average Bonchev–Trinajstić information content (AvgIpc) is 3.21. The van der Waals surface area contributed by atoms with Crippen LogP contribution in [-0.4, -0.2) is 5.78 Å². The summed E-state index contributed by atoms with van der Waals surface area (Å²) in [6.07, 6.45) is 0. The summed E-state index contributed by atoms with van der Waals surface area (Å²) in [5, 5.41) is 0. The van der Waals surface area contributed by atoms with Gasteiger partial charge in [-0.2, -0.15) is 0 Å². The first-order valence-corrected chi connectivity index (χ1v) is 15.2. The predicted molar refractivity (Wildman–Crippen MR) is 177 cm³/mol. The van der Waals surface area contributed by atoms with Gasteiger partial charge in [0.15, 0.2) is 5.78 Å². The molecule has 0 saturated heterocycles. The molecule has 0 amide bonds. The molecule has 0 radical (unpaired) electrons. The van der Waals surface area contributed by atoms with Gasteiger partial charge in [-0.3, -0.25) is 4.79 Å². The Labute approximate surface area is 255 Å². The molecule has 1 nitrogen and oxygen atoms in total. The van der Waals surface area contributed by atoms with Crippen LogP contribution in [0.15, 0.2) is 106 Å². The minimum absolute atomic E-state index is 0.0297. The fourth-order valence-corrected chi connectivity index (χ4v) is 5.77. The van der Waals surface area contributed by atoms with E-state index in [0.29, 0.717) is 0 Å². The Hall–Kier alpha value is -3.01.